The summed E-state index contributed by atoms with van der Waals surface area (Å²) in [4.78, 5) is 0. The summed E-state index contributed by atoms with van der Waals surface area (Å²) in [6.07, 6.45) is 1.30. The van der Waals surface area contributed by atoms with E-state index in [2.05, 4.69) is 10.4 Å². The molecule has 0 aromatic carbocycles. The van der Waals surface area contributed by atoms with Crippen molar-refractivity contribution in [1.29, 1.82) is 0 Å². The van der Waals surface area contributed by atoms with E-state index in [1.807, 2.05) is 20.9 Å². The zero-order chi connectivity index (χ0) is 12.1. The molecule has 0 amide bonds. The minimum Gasteiger partial charge on any atom is -0.392 e. The first kappa shape index (κ1) is 13.5. The number of halogens is 1. The number of rotatable bonds is 6. The first-order valence-electron chi connectivity index (χ1n) is 5.69. The summed E-state index contributed by atoms with van der Waals surface area (Å²) in [6, 6.07) is 0. The van der Waals surface area contributed by atoms with E-state index >= 15 is 0 Å². The van der Waals surface area contributed by atoms with Crippen molar-refractivity contribution >= 4 is 11.6 Å². The molecule has 0 saturated carbocycles. The molecule has 92 valence electrons. The van der Waals surface area contributed by atoms with Crippen molar-refractivity contribution in [2.45, 2.75) is 39.3 Å². The van der Waals surface area contributed by atoms with Crippen LogP contribution in [0.2, 0.25) is 5.02 Å². The molecule has 0 fully saturated rings. The Kier molecular flexibility index (Phi) is 5.25. The lowest BCUT2D eigenvalue weighted by atomic mass is 10.2. The standard InChI is InChI=1S/C11H20ClN3O/c1-4-8(16)6-13-7-10-11(12)9(5-2)14-15(10)3/h8,13,16H,4-7H2,1-3H3. The highest BCUT2D eigenvalue weighted by molar-refractivity contribution is 6.31. The van der Waals surface area contributed by atoms with Gasteiger partial charge in [-0.05, 0) is 12.8 Å². The average Bonchev–Trinajstić information content (AvgIpc) is 2.55. The van der Waals surface area contributed by atoms with Gasteiger partial charge >= 0.3 is 0 Å². The summed E-state index contributed by atoms with van der Waals surface area (Å²) in [5, 5.41) is 17.7. The van der Waals surface area contributed by atoms with Crippen LogP contribution in [-0.4, -0.2) is 27.5 Å². The van der Waals surface area contributed by atoms with Crippen LogP contribution in [0, 0.1) is 0 Å². The molecule has 1 atom stereocenters. The highest BCUT2D eigenvalue weighted by Crippen LogP contribution is 2.20. The Balaban J connectivity index is 2.56. The Morgan fingerprint density at radius 3 is 2.69 bits per heavy atom. The number of hydrogen-bond donors (Lipinski definition) is 2. The van der Waals surface area contributed by atoms with Crippen molar-refractivity contribution in [3.8, 4) is 0 Å². The molecule has 0 spiro atoms. The Labute approximate surface area is 102 Å². The quantitative estimate of drug-likeness (QED) is 0.799. The Morgan fingerprint density at radius 1 is 1.50 bits per heavy atom. The molecule has 0 radical (unpaired) electrons. The van der Waals surface area contributed by atoms with E-state index in [1.165, 1.54) is 0 Å². The van der Waals surface area contributed by atoms with Crippen LogP contribution < -0.4 is 5.32 Å². The lowest BCUT2D eigenvalue weighted by molar-refractivity contribution is 0.167. The fraction of sp³-hybridized carbons (Fsp3) is 0.727. The normalized spacial score (nSPS) is 13.1. The van der Waals surface area contributed by atoms with Gasteiger partial charge in [-0.2, -0.15) is 5.10 Å². The van der Waals surface area contributed by atoms with E-state index in [1.54, 1.807) is 4.68 Å². The van der Waals surface area contributed by atoms with Crippen LogP contribution in [0.4, 0.5) is 0 Å². The number of aromatic nitrogens is 2. The molecule has 0 bridgehead atoms. The second-order valence-corrected chi connectivity index (χ2v) is 4.26. The maximum absolute atomic E-state index is 9.41. The third kappa shape index (κ3) is 3.20. The van der Waals surface area contributed by atoms with Crippen LogP contribution >= 0.6 is 11.6 Å². The van der Waals surface area contributed by atoms with Gasteiger partial charge < -0.3 is 10.4 Å². The van der Waals surface area contributed by atoms with Gasteiger partial charge in [0.15, 0.2) is 0 Å². The van der Waals surface area contributed by atoms with Crippen molar-refractivity contribution in [1.82, 2.24) is 15.1 Å². The smallest absolute Gasteiger partial charge is 0.0863 e. The highest BCUT2D eigenvalue weighted by atomic mass is 35.5. The van der Waals surface area contributed by atoms with Gasteiger partial charge in [0.05, 0.1) is 22.5 Å². The molecule has 0 aliphatic heterocycles. The van der Waals surface area contributed by atoms with E-state index in [-0.39, 0.29) is 6.10 Å². The molecule has 1 aromatic rings. The summed E-state index contributed by atoms with van der Waals surface area (Å²) >= 11 is 6.19. The van der Waals surface area contributed by atoms with Gasteiger partial charge in [0.25, 0.3) is 0 Å². The maximum atomic E-state index is 9.41. The highest BCUT2D eigenvalue weighted by Gasteiger charge is 2.12. The molecule has 0 saturated heterocycles. The van der Waals surface area contributed by atoms with Gasteiger partial charge in [-0.1, -0.05) is 25.4 Å². The van der Waals surface area contributed by atoms with E-state index in [0.29, 0.717) is 13.1 Å². The van der Waals surface area contributed by atoms with Crippen molar-refractivity contribution in [2.75, 3.05) is 6.54 Å². The molecule has 1 unspecified atom stereocenters. The van der Waals surface area contributed by atoms with Gasteiger partial charge in [-0.15, -0.1) is 0 Å². The largest absolute Gasteiger partial charge is 0.392 e. The van der Waals surface area contributed by atoms with Crippen molar-refractivity contribution < 1.29 is 5.11 Å². The van der Waals surface area contributed by atoms with Crippen LogP contribution in [-0.2, 0) is 20.0 Å². The minimum absolute atomic E-state index is 0.294. The number of aryl methyl sites for hydroxylation is 2. The molecule has 4 nitrogen and oxygen atoms in total. The number of hydrogen-bond acceptors (Lipinski definition) is 3. The Morgan fingerprint density at radius 2 is 2.19 bits per heavy atom. The number of aliphatic hydroxyl groups excluding tert-OH is 1. The predicted molar refractivity (Wildman–Crippen MR) is 65.6 cm³/mol. The maximum Gasteiger partial charge on any atom is 0.0863 e. The molecule has 16 heavy (non-hydrogen) atoms. The summed E-state index contributed by atoms with van der Waals surface area (Å²) in [7, 11) is 1.89. The van der Waals surface area contributed by atoms with Crippen LogP contribution in [0.3, 0.4) is 0 Å². The third-order valence-electron chi connectivity index (χ3n) is 2.65. The molecular formula is C11H20ClN3O. The molecule has 5 heteroatoms. The summed E-state index contributed by atoms with van der Waals surface area (Å²) in [6.45, 7) is 5.21. The monoisotopic (exact) mass is 245 g/mol. The van der Waals surface area contributed by atoms with Gasteiger partial charge in [0, 0.05) is 20.1 Å². The van der Waals surface area contributed by atoms with E-state index < -0.39 is 0 Å². The van der Waals surface area contributed by atoms with Crippen molar-refractivity contribution in [3.63, 3.8) is 0 Å². The minimum atomic E-state index is -0.294. The zero-order valence-corrected chi connectivity index (χ0v) is 10.9. The van der Waals surface area contributed by atoms with Gasteiger partial charge in [0.1, 0.15) is 0 Å². The molecule has 2 N–H and O–H groups in total. The second-order valence-electron chi connectivity index (χ2n) is 3.88. The fourth-order valence-corrected chi connectivity index (χ4v) is 1.87. The fourth-order valence-electron chi connectivity index (χ4n) is 1.51. The van der Waals surface area contributed by atoms with Crippen LogP contribution in [0.1, 0.15) is 31.7 Å². The van der Waals surface area contributed by atoms with E-state index in [0.717, 1.165) is 29.3 Å². The van der Waals surface area contributed by atoms with Crippen molar-refractivity contribution in [2.24, 2.45) is 7.05 Å². The Bertz CT molecular complexity index is 338. The van der Waals surface area contributed by atoms with Gasteiger partial charge in [-0.3, -0.25) is 4.68 Å². The van der Waals surface area contributed by atoms with E-state index in [4.69, 9.17) is 11.6 Å². The lowest BCUT2D eigenvalue weighted by Gasteiger charge is -2.09. The lowest BCUT2D eigenvalue weighted by Crippen LogP contribution is -2.26. The Hall–Kier alpha value is -0.580. The van der Waals surface area contributed by atoms with E-state index in [9.17, 15) is 5.11 Å². The first-order valence-corrected chi connectivity index (χ1v) is 6.06. The molecule has 1 aromatic heterocycles. The summed E-state index contributed by atoms with van der Waals surface area (Å²) in [5.74, 6) is 0. The van der Waals surface area contributed by atoms with Crippen LogP contribution in [0.25, 0.3) is 0 Å². The second kappa shape index (κ2) is 6.23. The van der Waals surface area contributed by atoms with Crippen LogP contribution in [0.15, 0.2) is 0 Å². The zero-order valence-electron chi connectivity index (χ0n) is 10.1. The number of nitrogens with zero attached hydrogens (tertiary/aromatic N) is 2. The molecule has 0 aliphatic rings. The average molecular weight is 246 g/mol. The number of nitrogens with one attached hydrogen (secondary N) is 1. The predicted octanol–water partition coefficient (Wildman–Crippen LogP) is 1.50. The first-order chi connectivity index (χ1) is 7.60. The topological polar surface area (TPSA) is 50.1 Å². The van der Waals surface area contributed by atoms with Gasteiger partial charge in [-0.25, -0.2) is 0 Å². The summed E-state index contributed by atoms with van der Waals surface area (Å²) in [5.41, 5.74) is 1.90. The van der Waals surface area contributed by atoms with Gasteiger partial charge in [0.2, 0.25) is 0 Å². The third-order valence-corrected chi connectivity index (χ3v) is 3.08. The molecular weight excluding hydrogens is 226 g/mol. The molecule has 1 rings (SSSR count). The van der Waals surface area contributed by atoms with Crippen LogP contribution in [0.5, 0.6) is 0 Å². The SMILES string of the molecule is CCc1nn(C)c(CNCC(O)CC)c1Cl. The number of aliphatic hydroxyl groups is 1. The molecule has 1 heterocycles. The van der Waals surface area contributed by atoms with Crippen molar-refractivity contribution in [3.05, 3.63) is 16.4 Å². The molecule has 0 aliphatic carbocycles. The summed E-state index contributed by atoms with van der Waals surface area (Å²) < 4.78 is 1.80.